The van der Waals surface area contributed by atoms with Crippen LogP contribution >= 0.6 is 11.6 Å². The number of ether oxygens (including phenoxy) is 2. The fourth-order valence-corrected chi connectivity index (χ4v) is 1.99. The lowest BCUT2D eigenvalue weighted by atomic mass is 10.1. The van der Waals surface area contributed by atoms with Crippen molar-refractivity contribution in [2.45, 2.75) is 12.5 Å². The minimum Gasteiger partial charge on any atom is -0.478 e. The van der Waals surface area contributed by atoms with Crippen molar-refractivity contribution in [2.24, 2.45) is 0 Å². The second kappa shape index (κ2) is 4.97. The molecule has 0 amide bonds. The number of carbonyl (C=O) groups is 1. The highest BCUT2D eigenvalue weighted by molar-refractivity contribution is 6.29. The molecule has 0 aliphatic carbocycles. The quantitative estimate of drug-likeness (QED) is 0.935. The molecule has 0 spiro atoms. The number of carboxylic acids is 1. The van der Waals surface area contributed by atoms with Gasteiger partial charge in [-0.2, -0.15) is 0 Å². The number of nitrogens with zero attached hydrogens (tertiary/aromatic N) is 2. The first-order valence-electron chi connectivity index (χ1n) is 5.81. The predicted molar refractivity (Wildman–Crippen MR) is 69.3 cm³/mol. The lowest BCUT2D eigenvalue weighted by Gasteiger charge is -2.06. The molecule has 2 aromatic rings. The van der Waals surface area contributed by atoms with E-state index in [2.05, 4.69) is 10.2 Å². The molecule has 1 aromatic heterocycles. The molecule has 1 atom stereocenters. The Kier molecular flexibility index (Phi) is 3.15. The van der Waals surface area contributed by atoms with Crippen LogP contribution in [-0.4, -0.2) is 27.4 Å². The molecule has 0 saturated heterocycles. The van der Waals surface area contributed by atoms with Crippen LogP contribution in [0.25, 0.3) is 0 Å². The zero-order valence-electron chi connectivity index (χ0n) is 10.1. The Bertz CT molecular complexity index is 660. The number of aliphatic carboxylic acids is 1. The molecule has 6 nitrogen and oxygen atoms in total. The number of hydrogen-bond donors (Lipinski definition) is 1. The molecule has 1 aliphatic rings. The van der Waals surface area contributed by atoms with Gasteiger partial charge >= 0.3 is 5.97 Å². The average Bonchev–Trinajstić information content (AvgIpc) is 2.85. The van der Waals surface area contributed by atoms with Gasteiger partial charge in [0.1, 0.15) is 11.5 Å². The lowest BCUT2D eigenvalue weighted by molar-refractivity contribution is -0.144. The Morgan fingerprint density at radius 3 is 2.90 bits per heavy atom. The first-order valence-corrected chi connectivity index (χ1v) is 6.19. The maximum atomic E-state index is 10.9. The summed E-state index contributed by atoms with van der Waals surface area (Å²) in [6, 6.07) is 8.28. The topological polar surface area (TPSA) is 81.5 Å². The normalized spacial score (nSPS) is 16.4. The molecule has 0 saturated carbocycles. The fourth-order valence-electron chi connectivity index (χ4n) is 1.89. The average molecular weight is 293 g/mol. The Hall–Kier alpha value is -2.34. The highest BCUT2D eigenvalue weighted by Gasteiger charge is 2.29. The van der Waals surface area contributed by atoms with Crippen molar-refractivity contribution in [2.75, 3.05) is 0 Å². The van der Waals surface area contributed by atoms with Crippen molar-refractivity contribution in [1.82, 2.24) is 10.2 Å². The standard InChI is InChI=1S/C13H9ClN2O4/c14-11-3-4-12(16-15-11)19-8-2-1-7-5-10(13(17)18)20-9(7)6-8/h1-4,6,10H,5H2,(H,17,18). The number of hydrogen-bond acceptors (Lipinski definition) is 5. The summed E-state index contributed by atoms with van der Waals surface area (Å²) in [4.78, 5) is 10.9. The smallest absolute Gasteiger partial charge is 0.345 e. The molecule has 102 valence electrons. The van der Waals surface area contributed by atoms with E-state index in [1.54, 1.807) is 30.3 Å². The van der Waals surface area contributed by atoms with Crippen LogP contribution in [0.15, 0.2) is 30.3 Å². The number of benzene rings is 1. The van der Waals surface area contributed by atoms with Gasteiger partial charge in [-0.25, -0.2) is 4.79 Å². The summed E-state index contributed by atoms with van der Waals surface area (Å²) in [5.41, 5.74) is 0.840. The van der Waals surface area contributed by atoms with Gasteiger partial charge in [-0.3, -0.25) is 0 Å². The monoisotopic (exact) mass is 292 g/mol. The van der Waals surface area contributed by atoms with Crippen LogP contribution < -0.4 is 9.47 Å². The molecule has 3 rings (SSSR count). The van der Waals surface area contributed by atoms with Crippen LogP contribution in [0.1, 0.15) is 5.56 Å². The third kappa shape index (κ3) is 2.50. The first-order chi connectivity index (χ1) is 9.61. The Balaban J connectivity index is 1.79. The van der Waals surface area contributed by atoms with E-state index in [0.717, 1.165) is 5.56 Å². The van der Waals surface area contributed by atoms with Gasteiger partial charge in [0.2, 0.25) is 5.88 Å². The van der Waals surface area contributed by atoms with E-state index in [9.17, 15) is 4.79 Å². The molecule has 1 aliphatic heterocycles. The maximum Gasteiger partial charge on any atom is 0.345 e. The van der Waals surface area contributed by atoms with Gasteiger partial charge in [0, 0.05) is 18.6 Å². The van der Waals surface area contributed by atoms with E-state index in [4.69, 9.17) is 26.2 Å². The summed E-state index contributed by atoms with van der Waals surface area (Å²) < 4.78 is 10.8. The number of rotatable bonds is 3. The van der Waals surface area contributed by atoms with E-state index < -0.39 is 12.1 Å². The molecule has 20 heavy (non-hydrogen) atoms. The fraction of sp³-hybridized carbons (Fsp3) is 0.154. The lowest BCUT2D eigenvalue weighted by Crippen LogP contribution is -2.24. The number of carboxylic acid groups (broad SMARTS) is 1. The molecule has 1 unspecified atom stereocenters. The van der Waals surface area contributed by atoms with Gasteiger partial charge in [0.05, 0.1) is 0 Å². The maximum absolute atomic E-state index is 10.9. The van der Waals surface area contributed by atoms with Crippen molar-refractivity contribution >= 4 is 17.6 Å². The highest BCUT2D eigenvalue weighted by atomic mass is 35.5. The zero-order chi connectivity index (χ0) is 14.1. The van der Waals surface area contributed by atoms with E-state index in [1.807, 2.05) is 0 Å². The van der Waals surface area contributed by atoms with E-state index in [0.29, 0.717) is 23.8 Å². The summed E-state index contributed by atoms with van der Waals surface area (Å²) in [6.45, 7) is 0. The summed E-state index contributed by atoms with van der Waals surface area (Å²) in [5.74, 6) is 0.317. The molecule has 2 heterocycles. The Morgan fingerprint density at radius 2 is 2.20 bits per heavy atom. The first kappa shape index (κ1) is 12.7. The van der Waals surface area contributed by atoms with E-state index in [1.165, 1.54) is 0 Å². The third-order valence-corrected chi connectivity index (χ3v) is 3.02. The number of fused-ring (bicyclic) bond motifs is 1. The van der Waals surface area contributed by atoms with Crippen molar-refractivity contribution in [3.63, 3.8) is 0 Å². The number of aromatic nitrogens is 2. The zero-order valence-corrected chi connectivity index (χ0v) is 10.9. The van der Waals surface area contributed by atoms with E-state index >= 15 is 0 Å². The second-order valence-electron chi connectivity index (χ2n) is 4.21. The highest BCUT2D eigenvalue weighted by Crippen LogP contribution is 2.33. The van der Waals surface area contributed by atoms with Crippen molar-refractivity contribution in [1.29, 1.82) is 0 Å². The molecule has 0 radical (unpaired) electrons. The van der Waals surface area contributed by atoms with Gasteiger partial charge in [0.25, 0.3) is 0 Å². The summed E-state index contributed by atoms with van der Waals surface area (Å²) in [6.07, 6.45) is -0.485. The largest absolute Gasteiger partial charge is 0.478 e. The molecule has 1 aromatic carbocycles. The van der Waals surface area contributed by atoms with Crippen LogP contribution in [0.2, 0.25) is 5.15 Å². The Labute approximate surface area is 118 Å². The molecule has 0 bridgehead atoms. The van der Waals surface area contributed by atoms with Crippen LogP contribution in [0.4, 0.5) is 0 Å². The van der Waals surface area contributed by atoms with Crippen LogP contribution in [0.3, 0.4) is 0 Å². The van der Waals surface area contributed by atoms with E-state index in [-0.39, 0.29) is 5.15 Å². The SMILES string of the molecule is O=C(O)C1Cc2ccc(Oc3ccc(Cl)nn3)cc2O1. The molecular weight excluding hydrogens is 284 g/mol. The Morgan fingerprint density at radius 1 is 1.35 bits per heavy atom. The minimum absolute atomic E-state index is 0.277. The van der Waals surface area contributed by atoms with Gasteiger partial charge in [-0.1, -0.05) is 17.7 Å². The molecular formula is C13H9ClN2O4. The third-order valence-electron chi connectivity index (χ3n) is 2.82. The summed E-state index contributed by atoms with van der Waals surface area (Å²) in [7, 11) is 0. The van der Waals surface area contributed by atoms with Crippen LogP contribution in [0, 0.1) is 0 Å². The van der Waals surface area contributed by atoms with Crippen molar-refractivity contribution < 1.29 is 19.4 Å². The van der Waals surface area contributed by atoms with Gasteiger partial charge in [0.15, 0.2) is 11.3 Å². The van der Waals surface area contributed by atoms with Gasteiger partial charge in [-0.15, -0.1) is 10.2 Å². The summed E-state index contributed by atoms with van der Waals surface area (Å²) in [5, 5.41) is 16.6. The molecule has 1 N–H and O–H groups in total. The van der Waals surface area contributed by atoms with Crippen molar-refractivity contribution in [3.8, 4) is 17.4 Å². The van der Waals surface area contributed by atoms with Crippen molar-refractivity contribution in [3.05, 3.63) is 41.0 Å². The minimum atomic E-state index is -0.979. The molecule has 0 fully saturated rings. The number of halogens is 1. The second-order valence-corrected chi connectivity index (χ2v) is 4.60. The van der Waals surface area contributed by atoms with Crippen LogP contribution in [-0.2, 0) is 11.2 Å². The molecule has 7 heteroatoms. The predicted octanol–water partition coefficient (Wildman–Crippen LogP) is 2.31. The van der Waals surface area contributed by atoms with Gasteiger partial charge < -0.3 is 14.6 Å². The van der Waals surface area contributed by atoms with Crippen LogP contribution in [0.5, 0.6) is 17.4 Å². The van der Waals surface area contributed by atoms with Gasteiger partial charge in [-0.05, 0) is 17.7 Å². The summed E-state index contributed by atoms with van der Waals surface area (Å²) >= 11 is 5.63.